The molecule has 1 aromatic heterocycles. The van der Waals surface area contributed by atoms with Crippen molar-refractivity contribution in [2.24, 2.45) is 5.92 Å². The highest BCUT2D eigenvalue weighted by molar-refractivity contribution is 6.33. The van der Waals surface area contributed by atoms with E-state index in [1.807, 2.05) is 13.8 Å². The topological polar surface area (TPSA) is 94.8 Å². The predicted octanol–water partition coefficient (Wildman–Crippen LogP) is 5.17. The maximum atomic E-state index is 12.9. The van der Waals surface area contributed by atoms with Crippen molar-refractivity contribution >= 4 is 34.6 Å². The summed E-state index contributed by atoms with van der Waals surface area (Å²) in [6, 6.07) is 2.21. The maximum absolute atomic E-state index is 12.9. The van der Waals surface area contributed by atoms with E-state index in [0.717, 1.165) is 30.2 Å². The molecule has 0 spiro atoms. The van der Waals surface area contributed by atoms with Gasteiger partial charge in [0.15, 0.2) is 5.75 Å². The lowest BCUT2D eigenvalue weighted by molar-refractivity contribution is -0.137. The lowest BCUT2D eigenvalue weighted by atomic mass is 9.90. The van der Waals surface area contributed by atoms with Crippen LogP contribution in [0.25, 0.3) is 11.0 Å². The van der Waals surface area contributed by atoms with Gasteiger partial charge in [-0.25, -0.2) is 14.4 Å². The summed E-state index contributed by atoms with van der Waals surface area (Å²) in [5.41, 5.74) is 0.906. The molecule has 2 aromatic rings. The Morgan fingerprint density at radius 1 is 1.16 bits per heavy atom. The number of benzene rings is 1. The first-order valence-corrected chi connectivity index (χ1v) is 11.3. The Morgan fingerprint density at radius 3 is 2.44 bits per heavy atom. The van der Waals surface area contributed by atoms with Crippen LogP contribution in [0.3, 0.4) is 0 Å². The summed E-state index contributed by atoms with van der Waals surface area (Å²) in [5, 5.41) is 3.57. The van der Waals surface area contributed by atoms with Crippen molar-refractivity contribution in [3.05, 3.63) is 38.7 Å². The minimum Gasteiger partial charge on any atom is -0.444 e. The highest BCUT2D eigenvalue weighted by Gasteiger charge is 2.28. The van der Waals surface area contributed by atoms with Crippen LogP contribution in [0, 0.1) is 5.92 Å². The first kappa shape index (κ1) is 24.1. The van der Waals surface area contributed by atoms with Crippen LogP contribution in [0.2, 0.25) is 5.02 Å². The van der Waals surface area contributed by atoms with Crippen LogP contribution >= 0.6 is 11.6 Å². The molecule has 8 heteroatoms. The molecule has 0 radical (unpaired) electrons. The largest absolute Gasteiger partial charge is 0.444 e. The van der Waals surface area contributed by atoms with Gasteiger partial charge in [0.05, 0.1) is 5.02 Å². The molecule has 174 valence electrons. The molecule has 1 atom stereocenters. The van der Waals surface area contributed by atoms with E-state index in [-0.39, 0.29) is 22.3 Å². The lowest BCUT2D eigenvalue weighted by Crippen LogP contribution is -2.45. The number of rotatable bonds is 5. The van der Waals surface area contributed by atoms with E-state index >= 15 is 0 Å². The van der Waals surface area contributed by atoms with Gasteiger partial charge in [0.1, 0.15) is 17.2 Å². The van der Waals surface area contributed by atoms with Crippen molar-refractivity contribution in [3.8, 4) is 5.75 Å². The number of carbonyl (C=O) groups is 2. The fourth-order valence-corrected chi connectivity index (χ4v) is 4.04. The van der Waals surface area contributed by atoms with E-state index in [1.165, 1.54) is 6.07 Å². The Bertz CT molecular complexity index is 1080. The number of esters is 1. The minimum atomic E-state index is -0.924. The molecular weight excluding hydrogens is 434 g/mol. The summed E-state index contributed by atoms with van der Waals surface area (Å²) in [6.45, 7) is 9.08. The van der Waals surface area contributed by atoms with Gasteiger partial charge in [-0.3, -0.25) is 0 Å². The van der Waals surface area contributed by atoms with Crippen LogP contribution in [0.1, 0.15) is 65.0 Å². The molecular formula is C24H30ClNO6. The highest BCUT2D eigenvalue weighted by atomic mass is 35.5. The molecule has 3 rings (SSSR count). The Kier molecular flexibility index (Phi) is 7.18. The van der Waals surface area contributed by atoms with Gasteiger partial charge >= 0.3 is 17.7 Å². The molecule has 1 aromatic carbocycles. The Hall–Kier alpha value is -2.54. The van der Waals surface area contributed by atoms with Crippen LogP contribution in [0.15, 0.2) is 21.3 Å². The van der Waals surface area contributed by atoms with E-state index in [0.29, 0.717) is 24.0 Å². The minimum absolute atomic E-state index is 0.0721. The summed E-state index contributed by atoms with van der Waals surface area (Å²) in [4.78, 5) is 37.5. The van der Waals surface area contributed by atoms with E-state index < -0.39 is 23.7 Å². The number of hydrogen-bond donors (Lipinski definition) is 1. The Balaban J connectivity index is 1.87. The second-order valence-electron chi connectivity index (χ2n) is 9.58. The first-order chi connectivity index (χ1) is 14.9. The van der Waals surface area contributed by atoms with E-state index in [9.17, 15) is 14.4 Å². The average Bonchev–Trinajstić information content (AvgIpc) is 2.67. The van der Waals surface area contributed by atoms with Gasteiger partial charge in [-0.15, -0.1) is 0 Å². The highest BCUT2D eigenvalue weighted by Crippen LogP contribution is 2.34. The van der Waals surface area contributed by atoms with Gasteiger partial charge in [-0.2, -0.15) is 0 Å². The number of carbonyl (C=O) groups excluding carboxylic acids is 2. The van der Waals surface area contributed by atoms with Crippen molar-refractivity contribution in [2.45, 2.75) is 78.4 Å². The quantitative estimate of drug-likeness (QED) is 0.373. The average molecular weight is 464 g/mol. The van der Waals surface area contributed by atoms with Crippen LogP contribution in [0.5, 0.6) is 5.75 Å². The van der Waals surface area contributed by atoms with Crippen LogP contribution in [-0.2, 0) is 22.4 Å². The van der Waals surface area contributed by atoms with Gasteiger partial charge in [-0.1, -0.05) is 25.4 Å². The fraction of sp³-hybridized carbons (Fsp3) is 0.542. The number of ether oxygens (including phenoxy) is 2. The van der Waals surface area contributed by atoms with Crippen molar-refractivity contribution in [1.82, 2.24) is 5.32 Å². The van der Waals surface area contributed by atoms with Gasteiger partial charge < -0.3 is 19.2 Å². The second kappa shape index (κ2) is 9.53. The van der Waals surface area contributed by atoms with Crippen molar-refractivity contribution in [3.63, 3.8) is 0 Å². The molecule has 7 nitrogen and oxygen atoms in total. The normalized spacial score (nSPS) is 14.7. The number of fused-ring (bicyclic) bond motifs is 3. The zero-order valence-electron chi connectivity index (χ0n) is 19.2. The third-order valence-corrected chi connectivity index (χ3v) is 5.46. The third-order valence-electron chi connectivity index (χ3n) is 5.17. The summed E-state index contributed by atoms with van der Waals surface area (Å²) in [5.74, 6) is -0.493. The smallest absolute Gasteiger partial charge is 0.408 e. The number of alkyl carbamates (subject to hydrolysis) is 1. The Labute approximate surface area is 192 Å². The second-order valence-corrected chi connectivity index (χ2v) is 9.99. The molecule has 1 amide bonds. The molecule has 0 unspecified atom stereocenters. The van der Waals surface area contributed by atoms with E-state index in [1.54, 1.807) is 26.8 Å². The van der Waals surface area contributed by atoms with E-state index in [4.69, 9.17) is 25.5 Å². The fourth-order valence-electron chi connectivity index (χ4n) is 3.84. The summed E-state index contributed by atoms with van der Waals surface area (Å²) < 4.78 is 16.3. The molecule has 1 N–H and O–H groups in total. The molecule has 1 aliphatic rings. The summed E-state index contributed by atoms with van der Waals surface area (Å²) >= 11 is 6.42. The standard InChI is InChI=1S/C24H30ClNO6/c1-13(2)10-18(26-23(29)32-24(3,4)5)22(28)31-20-12-19-16(11-17(20)25)14-8-6-7-9-15(14)21(27)30-19/h11-13,18H,6-10H2,1-5H3,(H,26,29)/t18-/m0/s1. The molecule has 0 saturated carbocycles. The van der Waals surface area contributed by atoms with Crippen LogP contribution in [0.4, 0.5) is 4.79 Å². The maximum Gasteiger partial charge on any atom is 0.408 e. The van der Waals surface area contributed by atoms with Gasteiger partial charge in [0.2, 0.25) is 0 Å². The number of hydrogen-bond acceptors (Lipinski definition) is 6. The van der Waals surface area contributed by atoms with Crippen LogP contribution in [-0.4, -0.2) is 23.7 Å². The van der Waals surface area contributed by atoms with Gasteiger partial charge in [0.25, 0.3) is 0 Å². The van der Waals surface area contributed by atoms with Crippen molar-refractivity contribution in [2.75, 3.05) is 0 Å². The predicted molar refractivity (Wildman–Crippen MR) is 122 cm³/mol. The zero-order valence-corrected chi connectivity index (χ0v) is 19.9. The summed E-state index contributed by atoms with van der Waals surface area (Å²) in [7, 11) is 0. The number of halogens is 1. The molecule has 0 fully saturated rings. The van der Waals surface area contributed by atoms with Crippen molar-refractivity contribution < 1.29 is 23.5 Å². The molecule has 1 heterocycles. The molecule has 1 aliphatic carbocycles. The van der Waals surface area contributed by atoms with Gasteiger partial charge in [0, 0.05) is 17.0 Å². The number of amides is 1. The summed E-state index contributed by atoms with van der Waals surface area (Å²) in [6.07, 6.45) is 3.06. The first-order valence-electron chi connectivity index (χ1n) is 10.9. The molecule has 32 heavy (non-hydrogen) atoms. The van der Waals surface area contributed by atoms with E-state index in [2.05, 4.69) is 5.32 Å². The molecule has 0 saturated heterocycles. The number of aryl methyl sites for hydroxylation is 1. The molecule has 0 bridgehead atoms. The molecule has 0 aliphatic heterocycles. The SMILES string of the molecule is CC(C)C[C@H](NC(=O)OC(C)(C)C)C(=O)Oc1cc2oc(=O)c3c(c2cc1Cl)CCCC3. The zero-order chi connectivity index (χ0) is 23.6. The third kappa shape index (κ3) is 5.82. The van der Waals surface area contributed by atoms with Gasteiger partial charge in [-0.05, 0) is 70.4 Å². The monoisotopic (exact) mass is 463 g/mol. The van der Waals surface area contributed by atoms with Crippen LogP contribution < -0.4 is 15.7 Å². The lowest BCUT2D eigenvalue weighted by Gasteiger charge is -2.24. The Morgan fingerprint density at radius 2 is 1.81 bits per heavy atom. The van der Waals surface area contributed by atoms with Crippen molar-refractivity contribution in [1.29, 1.82) is 0 Å². The number of nitrogens with one attached hydrogen (secondary N) is 1.